The number of nitrogens with one attached hydrogen (secondary N) is 4. The first kappa shape index (κ1) is 28.0. The highest BCUT2D eigenvalue weighted by Crippen LogP contribution is 2.64. The molecule has 0 spiro atoms. The molecule has 3 aromatic rings. The second-order valence-electron chi connectivity index (χ2n) is 12.4. The summed E-state index contributed by atoms with van der Waals surface area (Å²) in [6.07, 6.45) is -1.72. The van der Waals surface area contributed by atoms with E-state index in [1.165, 1.54) is 0 Å². The van der Waals surface area contributed by atoms with E-state index in [0.717, 1.165) is 16.5 Å². The lowest BCUT2D eigenvalue weighted by molar-refractivity contribution is -0.142. The third kappa shape index (κ3) is 5.15. The topological polar surface area (TPSA) is 144 Å². The van der Waals surface area contributed by atoms with Crippen molar-refractivity contribution in [2.45, 2.75) is 45.5 Å². The van der Waals surface area contributed by atoms with Gasteiger partial charge in [0.2, 0.25) is 17.7 Å². The van der Waals surface area contributed by atoms with Gasteiger partial charge in [0.1, 0.15) is 18.0 Å². The molecule has 3 aliphatic rings. The van der Waals surface area contributed by atoms with Crippen LogP contribution in [0.5, 0.6) is 0 Å². The van der Waals surface area contributed by atoms with Gasteiger partial charge in [0, 0.05) is 42.4 Å². The first-order chi connectivity index (χ1) is 20.1. The molecule has 6 rings (SSSR count). The second kappa shape index (κ2) is 10.9. The predicted molar refractivity (Wildman–Crippen MR) is 156 cm³/mol. The lowest BCUT2D eigenvalue weighted by Crippen LogP contribution is -2.55. The van der Waals surface area contributed by atoms with Gasteiger partial charge < -0.3 is 30.9 Å². The fraction of sp³-hybridized carbons (Fsp3) is 0.438. The van der Waals surface area contributed by atoms with Gasteiger partial charge in [-0.05, 0) is 41.9 Å². The molecule has 10 heteroatoms. The highest BCUT2D eigenvalue weighted by Gasteiger charge is 2.68. The quantitative estimate of drug-likeness (QED) is 0.268. The second-order valence-corrected chi connectivity index (χ2v) is 12.4. The molecule has 1 aromatic heterocycles. The van der Waals surface area contributed by atoms with Crippen LogP contribution < -0.4 is 16.0 Å². The molecule has 1 unspecified atom stereocenters. The summed E-state index contributed by atoms with van der Waals surface area (Å²) in [7, 11) is 0. The van der Waals surface area contributed by atoms with Crippen LogP contribution in [-0.4, -0.2) is 64.0 Å². The van der Waals surface area contributed by atoms with Gasteiger partial charge in [0.05, 0.1) is 5.92 Å². The SMILES string of the molecule is CC1(C)[C@@H]2[C@@H](NC(=O)[C@@H](C[C@H]3CCNC3=O)C(O)C(=O)NCc3ccccc3)N(C(=O)c3cc4ccccc4[nH]3)C[C@@H]21. The van der Waals surface area contributed by atoms with Crippen LogP contribution in [0, 0.1) is 29.1 Å². The summed E-state index contributed by atoms with van der Waals surface area (Å²) in [5.74, 6) is -3.03. The molecule has 220 valence electrons. The van der Waals surface area contributed by atoms with Gasteiger partial charge in [-0.3, -0.25) is 19.2 Å². The molecule has 0 radical (unpaired) electrons. The highest BCUT2D eigenvalue weighted by molar-refractivity contribution is 5.99. The minimum absolute atomic E-state index is 0.0256. The van der Waals surface area contributed by atoms with Crippen molar-refractivity contribution in [3.05, 3.63) is 71.9 Å². The molecular weight excluding hydrogens is 534 g/mol. The Labute approximate surface area is 244 Å². The maximum Gasteiger partial charge on any atom is 0.271 e. The Bertz CT molecular complexity index is 1480. The zero-order valence-electron chi connectivity index (χ0n) is 23.8. The molecule has 5 N–H and O–H groups in total. The molecule has 0 bridgehead atoms. The molecule has 3 fully saturated rings. The average Bonchev–Trinajstić information content (AvgIpc) is 3.47. The smallest absolute Gasteiger partial charge is 0.271 e. The Morgan fingerprint density at radius 3 is 2.52 bits per heavy atom. The predicted octanol–water partition coefficient (Wildman–Crippen LogP) is 2.16. The number of para-hydroxylation sites is 1. The number of amides is 4. The number of aliphatic hydroxyl groups excluding tert-OH is 1. The number of piperidine rings is 1. The van der Waals surface area contributed by atoms with Crippen LogP contribution >= 0.6 is 0 Å². The summed E-state index contributed by atoms with van der Waals surface area (Å²) in [4.78, 5) is 58.0. The number of aromatic amines is 1. The number of rotatable bonds is 9. The molecule has 2 aromatic carbocycles. The van der Waals surface area contributed by atoms with E-state index in [1.54, 1.807) is 4.90 Å². The number of nitrogens with zero attached hydrogens (tertiary/aromatic N) is 1. The summed E-state index contributed by atoms with van der Waals surface area (Å²) >= 11 is 0. The zero-order valence-corrected chi connectivity index (χ0v) is 23.8. The van der Waals surface area contributed by atoms with E-state index in [2.05, 4.69) is 34.8 Å². The molecule has 42 heavy (non-hydrogen) atoms. The van der Waals surface area contributed by atoms with Crippen molar-refractivity contribution in [1.29, 1.82) is 0 Å². The number of carbonyl (C=O) groups is 4. The number of hydrogen-bond donors (Lipinski definition) is 5. The molecule has 2 aliphatic heterocycles. The lowest BCUT2D eigenvalue weighted by Gasteiger charge is -2.33. The van der Waals surface area contributed by atoms with Crippen LogP contribution in [0.3, 0.4) is 0 Å². The van der Waals surface area contributed by atoms with Gasteiger partial charge in [0.25, 0.3) is 5.91 Å². The molecule has 6 atom stereocenters. The number of hydrogen-bond acceptors (Lipinski definition) is 5. The minimum Gasteiger partial charge on any atom is -0.382 e. The number of carbonyl (C=O) groups excluding carboxylic acids is 4. The number of H-pyrrole nitrogens is 1. The van der Waals surface area contributed by atoms with Gasteiger partial charge in [0.15, 0.2) is 0 Å². The van der Waals surface area contributed by atoms with E-state index in [9.17, 15) is 24.3 Å². The molecule has 2 saturated heterocycles. The molecule has 10 nitrogen and oxygen atoms in total. The Morgan fingerprint density at radius 2 is 1.81 bits per heavy atom. The van der Waals surface area contributed by atoms with Gasteiger partial charge in [-0.15, -0.1) is 0 Å². The maximum absolute atomic E-state index is 13.9. The van der Waals surface area contributed by atoms with E-state index in [0.29, 0.717) is 25.2 Å². The normalized spacial score (nSPS) is 25.4. The van der Waals surface area contributed by atoms with Crippen molar-refractivity contribution in [3.63, 3.8) is 0 Å². The van der Waals surface area contributed by atoms with Gasteiger partial charge in [-0.2, -0.15) is 0 Å². The fourth-order valence-electron chi connectivity index (χ4n) is 6.88. The maximum atomic E-state index is 13.9. The summed E-state index contributed by atoms with van der Waals surface area (Å²) in [5, 5.41) is 20.6. The van der Waals surface area contributed by atoms with Gasteiger partial charge >= 0.3 is 0 Å². The van der Waals surface area contributed by atoms with E-state index in [-0.39, 0.29) is 42.0 Å². The minimum atomic E-state index is -1.66. The third-order valence-electron chi connectivity index (χ3n) is 9.52. The number of fused-ring (bicyclic) bond motifs is 2. The molecule has 1 saturated carbocycles. The van der Waals surface area contributed by atoms with Crippen molar-refractivity contribution >= 4 is 34.5 Å². The number of aromatic nitrogens is 1. The largest absolute Gasteiger partial charge is 0.382 e. The average molecular weight is 572 g/mol. The van der Waals surface area contributed by atoms with Crippen LogP contribution in [-0.2, 0) is 20.9 Å². The van der Waals surface area contributed by atoms with Crippen LogP contribution in [0.2, 0.25) is 0 Å². The van der Waals surface area contributed by atoms with Crippen LogP contribution in [0.25, 0.3) is 10.9 Å². The highest BCUT2D eigenvalue weighted by atomic mass is 16.3. The van der Waals surface area contributed by atoms with E-state index in [1.807, 2.05) is 60.7 Å². The first-order valence-electron chi connectivity index (χ1n) is 14.6. The van der Waals surface area contributed by atoms with Crippen molar-refractivity contribution in [2.24, 2.45) is 29.1 Å². The van der Waals surface area contributed by atoms with Crippen molar-refractivity contribution < 1.29 is 24.3 Å². The first-order valence-corrected chi connectivity index (χ1v) is 14.6. The Kier molecular flexibility index (Phi) is 7.26. The van der Waals surface area contributed by atoms with Crippen LogP contribution in [0.4, 0.5) is 0 Å². The van der Waals surface area contributed by atoms with Crippen molar-refractivity contribution in [3.8, 4) is 0 Å². The summed E-state index contributed by atoms with van der Waals surface area (Å²) < 4.78 is 0. The van der Waals surface area contributed by atoms with Gasteiger partial charge in [-0.1, -0.05) is 62.4 Å². The summed E-state index contributed by atoms with van der Waals surface area (Å²) in [6.45, 7) is 5.42. The van der Waals surface area contributed by atoms with E-state index in [4.69, 9.17) is 0 Å². The number of likely N-dealkylation sites (tertiary alicyclic amines) is 1. The van der Waals surface area contributed by atoms with Crippen molar-refractivity contribution in [1.82, 2.24) is 25.8 Å². The number of aliphatic hydroxyl groups is 1. The number of benzene rings is 2. The van der Waals surface area contributed by atoms with Crippen LogP contribution in [0.1, 0.15) is 42.7 Å². The van der Waals surface area contributed by atoms with Crippen LogP contribution in [0.15, 0.2) is 60.7 Å². The van der Waals surface area contributed by atoms with E-state index >= 15 is 0 Å². The van der Waals surface area contributed by atoms with E-state index < -0.39 is 35.9 Å². The Hall–Kier alpha value is -4.18. The lowest BCUT2D eigenvalue weighted by atomic mass is 9.87. The zero-order chi connectivity index (χ0) is 29.6. The standard InChI is InChI=1S/C32H37N5O5/c1-32(2)22-17-37(31(42)24-15-19-10-6-7-11-23(19)35-24)27(25(22)32)36-29(40)21(14-20-12-13-33-28(20)39)26(38)30(41)34-16-18-8-4-3-5-9-18/h3-11,15,20-22,25-27,35,38H,12-14,16-17H2,1-2H3,(H,33,39)(H,34,41)(H,36,40)/t20-,21+,22+,25+,26?,27+/m1/s1. The summed E-state index contributed by atoms with van der Waals surface area (Å²) in [6, 6.07) is 18.7. The molecule has 3 heterocycles. The Morgan fingerprint density at radius 1 is 1.07 bits per heavy atom. The summed E-state index contributed by atoms with van der Waals surface area (Å²) in [5.41, 5.74) is 2.08. The van der Waals surface area contributed by atoms with Crippen molar-refractivity contribution in [2.75, 3.05) is 13.1 Å². The monoisotopic (exact) mass is 571 g/mol. The third-order valence-corrected chi connectivity index (χ3v) is 9.52. The molecular formula is C32H37N5O5. The Balaban J connectivity index is 1.21. The molecule has 1 aliphatic carbocycles. The van der Waals surface area contributed by atoms with Gasteiger partial charge in [-0.25, -0.2) is 0 Å². The fourth-order valence-corrected chi connectivity index (χ4v) is 6.88. The molecule has 4 amide bonds.